The maximum Gasteiger partial charge on any atom is 0.123 e. The van der Waals surface area contributed by atoms with Gasteiger partial charge in [0.05, 0.1) is 0 Å². The fraction of sp³-hybridized carbons (Fsp3) is 0.385. The van der Waals surface area contributed by atoms with E-state index in [4.69, 9.17) is 0 Å². The van der Waals surface area contributed by atoms with Gasteiger partial charge in [0, 0.05) is 29.7 Å². The first-order valence-corrected chi connectivity index (χ1v) is 5.73. The summed E-state index contributed by atoms with van der Waals surface area (Å²) in [5.74, 6) is -0.155. The molecule has 1 atom stereocenters. The molecule has 1 aromatic carbocycles. The molecule has 2 nitrogen and oxygen atoms in total. The second-order valence-corrected chi connectivity index (χ2v) is 4.53. The first kappa shape index (κ1) is 9.85. The largest absolute Gasteiger partial charge is 0.343 e. The van der Waals surface area contributed by atoms with E-state index in [1.807, 2.05) is 13.0 Å². The SMILES string of the molecule is Cc1cn(C2CCNC2)c2ccc(F)cc12. The highest BCUT2D eigenvalue weighted by molar-refractivity contribution is 5.84. The number of nitrogens with one attached hydrogen (secondary N) is 1. The summed E-state index contributed by atoms with van der Waals surface area (Å²) in [5, 5.41) is 4.40. The molecule has 0 radical (unpaired) electrons. The summed E-state index contributed by atoms with van der Waals surface area (Å²) < 4.78 is 15.5. The Morgan fingerprint density at radius 1 is 1.44 bits per heavy atom. The molecule has 0 bridgehead atoms. The maximum absolute atomic E-state index is 13.2. The molecule has 3 heteroatoms. The number of benzene rings is 1. The number of hydrogen-bond donors (Lipinski definition) is 1. The van der Waals surface area contributed by atoms with Crippen LogP contribution >= 0.6 is 0 Å². The number of rotatable bonds is 1. The highest BCUT2D eigenvalue weighted by atomic mass is 19.1. The van der Waals surface area contributed by atoms with Crippen molar-refractivity contribution in [1.29, 1.82) is 0 Å². The number of aryl methyl sites for hydroxylation is 1. The Morgan fingerprint density at radius 3 is 3.06 bits per heavy atom. The predicted molar refractivity (Wildman–Crippen MR) is 63.2 cm³/mol. The monoisotopic (exact) mass is 218 g/mol. The van der Waals surface area contributed by atoms with E-state index in [9.17, 15) is 4.39 Å². The van der Waals surface area contributed by atoms with E-state index in [1.54, 1.807) is 12.1 Å². The molecule has 1 unspecified atom stereocenters. The molecule has 1 aromatic heterocycles. The van der Waals surface area contributed by atoms with Gasteiger partial charge in [0.1, 0.15) is 5.82 Å². The van der Waals surface area contributed by atoms with Gasteiger partial charge in [0.25, 0.3) is 0 Å². The number of aromatic nitrogens is 1. The Labute approximate surface area is 94.1 Å². The van der Waals surface area contributed by atoms with Crippen LogP contribution in [0.1, 0.15) is 18.0 Å². The van der Waals surface area contributed by atoms with Gasteiger partial charge in [-0.25, -0.2) is 4.39 Å². The zero-order valence-corrected chi connectivity index (χ0v) is 9.33. The summed E-state index contributed by atoms with van der Waals surface area (Å²) in [7, 11) is 0. The zero-order valence-electron chi connectivity index (χ0n) is 9.33. The average Bonchev–Trinajstić information content (AvgIpc) is 2.87. The number of halogens is 1. The van der Waals surface area contributed by atoms with Crippen molar-refractivity contribution >= 4 is 10.9 Å². The van der Waals surface area contributed by atoms with E-state index in [-0.39, 0.29) is 5.82 Å². The summed E-state index contributed by atoms with van der Waals surface area (Å²) in [4.78, 5) is 0. The number of nitrogens with zero attached hydrogens (tertiary/aromatic N) is 1. The fourth-order valence-corrected chi connectivity index (χ4v) is 2.58. The number of fused-ring (bicyclic) bond motifs is 1. The molecule has 0 aliphatic carbocycles. The van der Waals surface area contributed by atoms with Crippen LogP contribution in [0.15, 0.2) is 24.4 Å². The van der Waals surface area contributed by atoms with Crippen molar-refractivity contribution in [3.63, 3.8) is 0 Å². The van der Waals surface area contributed by atoms with E-state index >= 15 is 0 Å². The van der Waals surface area contributed by atoms with Crippen molar-refractivity contribution in [3.05, 3.63) is 35.8 Å². The molecule has 1 fully saturated rings. The minimum atomic E-state index is -0.155. The van der Waals surface area contributed by atoms with Crippen LogP contribution in [0.3, 0.4) is 0 Å². The molecule has 16 heavy (non-hydrogen) atoms. The van der Waals surface area contributed by atoms with Crippen LogP contribution in [0.25, 0.3) is 10.9 Å². The van der Waals surface area contributed by atoms with Crippen molar-refractivity contribution in [1.82, 2.24) is 9.88 Å². The molecular formula is C13H15FN2. The molecule has 1 saturated heterocycles. The minimum absolute atomic E-state index is 0.155. The summed E-state index contributed by atoms with van der Waals surface area (Å²) in [6, 6.07) is 5.57. The summed E-state index contributed by atoms with van der Waals surface area (Å²) >= 11 is 0. The van der Waals surface area contributed by atoms with Gasteiger partial charge < -0.3 is 9.88 Å². The molecule has 1 N–H and O–H groups in total. The molecule has 0 saturated carbocycles. The van der Waals surface area contributed by atoms with Crippen LogP contribution in [0.5, 0.6) is 0 Å². The first-order valence-electron chi connectivity index (χ1n) is 5.73. The summed E-state index contributed by atoms with van der Waals surface area (Å²) in [5.41, 5.74) is 2.30. The van der Waals surface area contributed by atoms with Crippen molar-refractivity contribution in [2.75, 3.05) is 13.1 Å². The third-order valence-electron chi connectivity index (χ3n) is 3.42. The molecule has 3 rings (SSSR count). The Kier molecular flexibility index (Phi) is 2.21. The van der Waals surface area contributed by atoms with Crippen LogP contribution < -0.4 is 5.32 Å². The third-order valence-corrected chi connectivity index (χ3v) is 3.42. The van der Waals surface area contributed by atoms with E-state index < -0.39 is 0 Å². The van der Waals surface area contributed by atoms with Crippen LogP contribution in [0, 0.1) is 12.7 Å². The van der Waals surface area contributed by atoms with Gasteiger partial charge in [0.15, 0.2) is 0 Å². The molecule has 0 spiro atoms. The van der Waals surface area contributed by atoms with Crippen LogP contribution in [-0.2, 0) is 0 Å². The standard InChI is InChI=1S/C13H15FN2/c1-9-8-16(11-4-5-15-7-11)13-3-2-10(14)6-12(9)13/h2-3,6,8,11,15H,4-5,7H2,1H3. The quantitative estimate of drug-likeness (QED) is 0.778. The van der Waals surface area contributed by atoms with Gasteiger partial charge in [-0.2, -0.15) is 0 Å². The second-order valence-electron chi connectivity index (χ2n) is 4.53. The molecule has 1 aliphatic heterocycles. The highest BCUT2D eigenvalue weighted by Gasteiger charge is 2.18. The van der Waals surface area contributed by atoms with Gasteiger partial charge in [-0.1, -0.05) is 0 Å². The molecule has 2 heterocycles. The lowest BCUT2D eigenvalue weighted by Crippen LogP contribution is -2.12. The third kappa shape index (κ3) is 1.43. The maximum atomic E-state index is 13.2. The minimum Gasteiger partial charge on any atom is -0.343 e. The Morgan fingerprint density at radius 2 is 2.31 bits per heavy atom. The van der Waals surface area contributed by atoms with Crippen LogP contribution in [0.4, 0.5) is 4.39 Å². The number of hydrogen-bond acceptors (Lipinski definition) is 1. The van der Waals surface area contributed by atoms with Gasteiger partial charge in [-0.3, -0.25) is 0 Å². The van der Waals surface area contributed by atoms with Crippen LogP contribution in [-0.4, -0.2) is 17.7 Å². The van der Waals surface area contributed by atoms with Gasteiger partial charge in [-0.15, -0.1) is 0 Å². The molecule has 2 aromatic rings. The Bertz CT molecular complexity index is 524. The normalized spacial score (nSPS) is 20.8. The fourth-order valence-electron chi connectivity index (χ4n) is 2.58. The van der Waals surface area contributed by atoms with E-state index in [1.165, 1.54) is 0 Å². The lowest BCUT2D eigenvalue weighted by atomic mass is 10.2. The van der Waals surface area contributed by atoms with Crippen molar-refractivity contribution < 1.29 is 4.39 Å². The molecular weight excluding hydrogens is 203 g/mol. The second kappa shape index (κ2) is 3.59. The molecule has 0 amide bonds. The Balaban J connectivity index is 2.18. The van der Waals surface area contributed by atoms with Gasteiger partial charge in [0.2, 0.25) is 0 Å². The first-order chi connectivity index (χ1) is 7.75. The van der Waals surface area contributed by atoms with Crippen molar-refractivity contribution in [2.24, 2.45) is 0 Å². The predicted octanol–water partition coefficient (Wildman–Crippen LogP) is 2.62. The summed E-state index contributed by atoms with van der Waals surface area (Å²) in [6.45, 7) is 4.13. The Hall–Kier alpha value is -1.35. The smallest absolute Gasteiger partial charge is 0.123 e. The summed E-state index contributed by atoms with van der Waals surface area (Å²) in [6.07, 6.45) is 3.29. The van der Waals surface area contributed by atoms with Crippen LogP contribution in [0.2, 0.25) is 0 Å². The van der Waals surface area contributed by atoms with E-state index in [0.29, 0.717) is 6.04 Å². The van der Waals surface area contributed by atoms with E-state index in [2.05, 4.69) is 16.1 Å². The molecule has 1 aliphatic rings. The van der Waals surface area contributed by atoms with Crippen molar-refractivity contribution in [3.8, 4) is 0 Å². The van der Waals surface area contributed by atoms with Crippen molar-refractivity contribution in [2.45, 2.75) is 19.4 Å². The molecule has 84 valence electrons. The topological polar surface area (TPSA) is 17.0 Å². The highest BCUT2D eigenvalue weighted by Crippen LogP contribution is 2.27. The van der Waals surface area contributed by atoms with Gasteiger partial charge in [-0.05, 0) is 43.7 Å². The lowest BCUT2D eigenvalue weighted by Gasteiger charge is -2.12. The average molecular weight is 218 g/mol. The zero-order chi connectivity index (χ0) is 11.1. The van der Waals surface area contributed by atoms with E-state index in [0.717, 1.165) is 36.0 Å². The lowest BCUT2D eigenvalue weighted by molar-refractivity contribution is 0.564. The van der Waals surface area contributed by atoms with Gasteiger partial charge >= 0.3 is 0 Å².